The molecule has 0 saturated carbocycles. The summed E-state index contributed by atoms with van der Waals surface area (Å²) in [7, 11) is -2.67. The Morgan fingerprint density at radius 3 is 2.42 bits per heavy atom. The van der Waals surface area contributed by atoms with Crippen LogP contribution in [0.3, 0.4) is 0 Å². The standard InChI is InChI=1S/C22H17Cl2IN2O5S/c1-13-3-6-16(7-4-13)33(29,30)32-21-19(25)9-14(10-20(21)31-2)12-26-27-22(28)17-8-5-15(23)11-18(17)24/h3-12H,1-2H3,(H,27,28)/b26-12-. The molecule has 7 nitrogen and oxygen atoms in total. The molecule has 172 valence electrons. The van der Waals surface area contributed by atoms with E-state index in [0.717, 1.165) is 5.56 Å². The number of rotatable bonds is 7. The molecule has 0 atom stereocenters. The molecule has 0 saturated heterocycles. The van der Waals surface area contributed by atoms with Crippen LogP contribution in [0.15, 0.2) is 64.6 Å². The Balaban J connectivity index is 1.79. The molecule has 1 N–H and O–H groups in total. The van der Waals surface area contributed by atoms with E-state index in [9.17, 15) is 13.2 Å². The fourth-order valence-corrected chi connectivity index (χ4v) is 4.99. The lowest BCUT2D eigenvalue weighted by molar-refractivity contribution is 0.0955. The monoisotopic (exact) mass is 618 g/mol. The van der Waals surface area contributed by atoms with Crippen LogP contribution in [-0.4, -0.2) is 27.6 Å². The molecule has 0 heterocycles. The Labute approximate surface area is 215 Å². The van der Waals surface area contributed by atoms with E-state index in [1.807, 2.05) is 29.5 Å². The van der Waals surface area contributed by atoms with Gasteiger partial charge in [0.05, 0.1) is 27.5 Å². The van der Waals surface area contributed by atoms with Crippen LogP contribution in [0.5, 0.6) is 11.5 Å². The SMILES string of the molecule is COc1cc(/C=N\NC(=O)c2ccc(Cl)cc2Cl)cc(I)c1OS(=O)(=O)c1ccc(C)cc1. The van der Waals surface area contributed by atoms with Gasteiger partial charge in [-0.15, -0.1) is 0 Å². The van der Waals surface area contributed by atoms with Crippen molar-refractivity contribution in [1.82, 2.24) is 5.43 Å². The van der Waals surface area contributed by atoms with Gasteiger partial charge in [-0.1, -0.05) is 40.9 Å². The molecule has 1 amide bonds. The Kier molecular flexibility index (Phi) is 8.22. The van der Waals surface area contributed by atoms with Gasteiger partial charge in [-0.25, -0.2) is 5.43 Å². The highest BCUT2D eigenvalue weighted by atomic mass is 127. The van der Waals surface area contributed by atoms with E-state index in [1.165, 1.54) is 43.7 Å². The quantitative estimate of drug-likeness (QED) is 0.165. The first-order valence-electron chi connectivity index (χ1n) is 9.28. The number of methoxy groups -OCH3 is 1. The van der Waals surface area contributed by atoms with Crippen molar-refractivity contribution in [3.63, 3.8) is 0 Å². The zero-order valence-corrected chi connectivity index (χ0v) is 21.8. The summed E-state index contributed by atoms with van der Waals surface area (Å²) in [6, 6.07) is 14.0. The van der Waals surface area contributed by atoms with Crippen LogP contribution in [0.1, 0.15) is 21.5 Å². The topological polar surface area (TPSA) is 94.1 Å². The van der Waals surface area contributed by atoms with Crippen LogP contribution in [0, 0.1) is 10.5 Å². The van der Waals surface area contributed by atoms with Crippen LogP contribution in [-0.2, 0) is 10.1 Å². The summed E-state index contributed by atoms with van der Waals surface area (Å²) in [6.45, 7) is 1.86. The van der Waals surface area contributed by atoms with Crippen molar-refractivity contribution >= 4 is 68.0 Å². The fraction of sp³-hybridized carbons (Fsp3) is 0.0909. The Bertz CT molecular complexity index is 1330. The van der Waals surface area contributed by atoms with Gasteiger partial charge in [0.25, 0.3) is 5.91 Å². The highest BCUT2D eigenvalue weighted by Gasteiger charge is 2.22. The smallest absolute Gasteiger partial charge is 0.339 e. The first-order chi connectivity index (χ1) is 15.6. The second kappa shape index (κ2) is 10.7. The summed E-state index contributed by atoms with van der Waals surface area (Å²) in [5.74, 6) is -0.280. The number of nitrogens with one attached hydrogen (secondary N) is 1. The maximum Gasteiger partial charge on any atom is 0.339 e. The Morgan fingerprint density at radius 1 is 1.09 bits per heavy atom. The number of carbonyl (C=O) groups is 1. The molecule has 0 bridgehead atoms. The van der Waals surface area contributed by atoms with E-state index >= 15 is 0 Å². The maximum absolute atomic E-state index is 12.7. The molecule has 3 aromatic rings. The summed E-state index contributed by atoms with van der Waals surface area (Å²) >= 11 is 13.8. The lowest BCUT2D eigenvalue weighted by atomic mass is 10.2. The number of hydrogen-bond donors (Lipinski definition) is 1. The molecule has 33 heavy (non-hydrogen) atoms. The third kappa shape index (κ3) is 6.38. The normalized spacial score (nSPS) is 11.4. The van der Waals surface area contributed by atoms with Gasteiger partial charge in [0, 0.05) is 5.02 Å². The lowest BCUT2D eigenvalue weighted by Crippen LogP contribution is -2.18. The van der Waals surface area contributed by atoms with Gasteiger partial charge in [-0.2, -0.15) is 13.5 Å². The van der Waals surface area contributed by atoms with Crippen molar-refractivity contribution in [2.24, 2.45) is 5.10 Å². The van der Waals surface area contributed by atoms with Gasteiger partial charge < -0.3 is 8.92 Å². The zero-order valence-electron chi connectivity index (χ0n) is 17.3. The molecule has 3 rings (SSSR count). The number of carbonyl (C=O) groups excluding carboxylic acids is 1. The number of ether oxygens (including phenoxy) is 1. The molecule has 0 radical (unpaired) electrons. The molecule has 11 heteroatoms. The van der Waals surface area contributed by atoms with E-state index in [0.29, 0.717) is 14.2 Å². The molecular formula is C22H17Cl2IN2O5S. The number of halogens is 3. The van der Waals surface area contributed by atoms with Crippen molar-refractivity contribution in [2.45, 2.75) is 11.8 Å². The predicted octanol–water partition coefficient (Wildman–Crippen LogP) is 5.45. The van der Waals surface area contributed by atoms with Gasteiger partial charge in [0.1, 0.15) is 4.90 Å². The largest absolute Gasteiger partial charge is 0.493 e. The predicted molar refractivity (Wildman–Crippen MR) is 136 cm³/mol. The third-order valence-corrected chi connectivity index (χ3v) is 6.89. The molecule has 0 aliphatic rings. The van der Waals surface area contributed by atoms with E-state index in [4.69, 9.17) is 32.1 Å². The second-order valence-corrected chi connectivity index (χ2v) is 10.3. The average Bonchev–Trinajstić information content (AvgIpc) is 2.75. The highest BCUT2D eigenvalue weighted by Crippen LogP contribution is 2.35. The molecular weight excluding hydrogens is 602 g/mol. The number of benzene rings is 3. The van der Waals surface area contributed by atoms with Crippen molar-refractivity contribution in [1.29, 1.82) is 0 Å². The summed E-state index contributed by atoms with van der Waals surface area (Å²) in [5, 5.41) is 4.53. The summed E-state index contributed by atoms with van der Waals surface area (Å²) < 4.78 is 36.5. The van der Waals surface area contributed by atoms with Crippen molar-refractivity contribution < 1.29 is 22.1 Å². The molecule has 0 aliphatic carbocycles. The van der Waals surface area contributed by atoms with Gasteiger partial charge in [0.2, 0.25) is 0 Å². The van der Waals surface area contributed by atoms with Gasteiger partial charge in [-0.05, 0) is 77.5 Å². The van der Waals surface area contributed by atoms with Gasteiger partial charge in [-0.3, -0.25) is 4.79 Å². The van der Waals surface area contributed by atoms with Crippen LogP contribution in [0.25, 0.3) is 0 Å². The summed E-state index contributed by atoms with van der Waals surface area (Å²) in [4.78, 5) is 12.3. The minimum absolute atomic E-state index is 0.0279. The first-order valence-corrected chi connectivity index (χ1v) is 12.5. The van der Waals surface area contributed by atoms with E-state index in [1.54, 1.807) is 24.3 Å². The Hall–Kier alpha value is -2.34. The van der Waals surface area contributed by atoms with Crippen LogP contribution in [0.2, 0.25) is 10.0 Å². The molecule has 0 aromatic heterocycles. The molecule has 0 fully saturated rings. The number of hydrazone groups is 1. The van der Waals surface area contributed by atoms with E-state index in [-0.39, 0.29) is 27.0 Å². The van der Waals surface area contributed by atoms with Crippen LogP contribution >= 0.6 is 45.8 Å². The number of hydrogen-bond acceptors (Lipinski definition) is 6. The minimum Gasteiger partial charge on any atom is -0.493 e. The molecule has 3 aromatic carbocycles. The van der Waals surface area contributed by atoms with Gasteiger partial charge >= 0.3 is 10.1 Å². The van der Waals surface area contributed by atoms with Crippen LogP contribution < -0.4 is 14.3 Å². The van der Waals surface area contributed by atoms with E-state index < -0.39 is 16.0 Å². The van der Waals surface area contributed by atoms with Crippen molar-refractivity contribution in [2.75, 3.05) is 7.11 Å². The average molecular weight is 619 g/mol. The van der Waals surface area contributed by atoms with Crippen molar-refractivity contribution in [3.05, 3.63) is 84.9 Å². The number of amides is 1. The maximum atomic E-state index is 12.7. The number of nitrogens with zero attached hydrogens (tertiary/aromatic N) is 1. The summed E-state index contributed by atoms with van der Waals surface area (Å²) in [6.07, 6.45) is 1.38. The first kappa shape index (κ1) is 25.3. The zero-order chi connectivity index (χ0) is 24.2. The molecule has 0 spiro atoms. The summed E-state index contributed by atoms with van der Waals surface area (Å²) in [5.41, 5.74) is 4.06. The number of aryl methyl sites for hydroxylation is 1. The Morgan fingerprint density at radius 2 is 1.79 bits per heavy atom. The van der Waals surface area contributed by atoms with Crippen LogP contribution in [0.4, 0.5) is 0 Å². The minimum atomic E-state index is -4.06. The lowest BCUT2D eigenvalue weighted by Gasteiger charge is -2.13. The second-order valence-electron chi connectivity index (χ2n) is 6.71. The third-order valence-electron chi connectivity index (χ3n) is 4.31. The van der Waals surface area contributed by atoms with Crippen molar-refractivity contribution in [3.8, 4) is 11.5 Å². The van der Waals surface area contributed by atoms with Gasteiger partial charge in [0.15, 0.2) is 11.5 Å². The molecule has 0 aliphatic heterocycles. The van der Waals surface area contributed by atoms with E-state index in [2.05, 4.69) is 10.5 Å². The fourth-order valence-electron chi connectivity index (χ4n) is 2.66. The highest BCUT2D eigenvalue weighted by molar-refractivity contribution is 14.1. The molecule has 0 unspecified atom stereocenters.